The van der Waals surface area contributed by atoms with E-state index >= 15 is 0 Å². The minimum atomic E-state index is -0.354. The molecule has 0 aliphatic heterocycles. The Hall–Kier alpha value is -2.59. The van der Waals surface area contributed by atoms with Crippen LogP contribution in [0.2, 0.25) is 0 Å². The van der Waals surface area contributed by atoms with E-state index < -0.39 is 0 Å². The van der Waals surface area contributed by atoms with Gasteiger partial charge in [-0.25, -0.2) is 4.39 Å². The summed E-state index contributed by atoms with van der Waals surface area (Å²) in [6.07, 6.45) is 1.30. The highest BCUT2D eigenvalue weighted by Gasteiger charge is 2.24. The van der Waals surface area contributed by atoms with E-state index in [-0.39, 0.29) is 30.6 Å². The number of hydrogen-bond acceptors (Lipinski definition) is 3. The zero-order valence-corrected chi connectivity index (χ0v) is 11.7. The van der Waals surface area contributed by atoms with Crippen molar-refractivity contribution < 1.29 is 18.7 Å². The van der Waals surface area contributed by atoms with E-state index in [0.29, 0.717) is 22.3 Å². The fourth-order valence-corrected chi connectivity index (χ4v) is 2.36. The predicted molar refractivity (Wildman–Crippen MR) is 79.2 cm³/mol. The van der Waals surface area contributed by atoms with Crippen LogP contribution in [0.3, 0.4) is 0 Å². The number of ketones is 2. The highest BCUT2D eigenvalue weighted by Crippen LogP contribution is 2.21. The topological polar surface area (TPSA) is 43.4 Å². The average molecular weight is 296 g/mol. The summed E-state index contributed by atoms with van der Waals surface area (Å²) in [7, 11) is 0. The maximum Gasteiger partial charge on any atom is 0.192 e. The second-order valence-electron chi connectivity index (χ2n) is 4.99. The minimum absolute atomic E-state index is 0.0206. The second kappa shape index (κ2) is 6.03. The molecule has 0 spiro atoms. The van der Waals surface area contributed by atoms with Crippen LogP contribution in [0.1, 0.15) is 26.3 Å². The molecule has 0 fully saturated rings. The molecule has 0 N–H and O–H groups in total. The number of Topliss-reactive ketones (excluding diaryl/α,β-unsaturated/α-hetero) is 1. The number of carbonyl (C=O) groups is 2. The number of fused-ring (bicyclic) bond motifs is 1. The third-order valence-electron chi connectivity index (χ3n) is 3.51. The van der Waals surface area contributed by atoms with Gasteiger partial charge in [0.25, 0.3) is 0 Å². The van der Waals surface area contributed by atoms with Crippen LogP contribution in [0.25, 0.3) is 0 Å². The van der Waals surface area contributed by atoms with Crippen LogP contribution in [-0.4, -0.2) is 18.2 Å². The van der Waals surface area contributed by atoms with E-state index in [1.54, 1.807) is 42.5 Å². The lowest BCUT2D eigenvalue weighted by molar-refractivity contribution is 0.0931. The fraction of sp³-hybridized carbons (Fsp3) is 0.111. The SMILES string of the molecule is O=C1C=C(COCc2ccccc2F)C(=O)c2ccccc21. The maximum absolute atomic E-state index is 13.5. The number of benzene rings is 2. The molecular formula is C18H13FO3. The average Bonchev–Trinajstić information content (AvgIpc) is 2.54. The monoisotopic (exact) mass is 296 g/mol. The molecule has 0 atom stereocenters. The molecule has 0 heterocycles. The highest BCUT2D eigenvalue weighted by molar-refractivity contribution is 6.24. The first-order chi connectivity index (χ1) is 10.7. The summed E-state index contributed by atoms with van der Waals surface area (Å²) in [6, 6.07) is 13.0. The smallest absolute Gasteiger partial charge is 0.192 e. The van der Waals surface area contributed by atoms with Crippen LogP contribution in [0.5, 0.6) is 0 Å². The molecule has 1 aliphatic carbocycles. The van der Waals surface area contributed by atoms with Crippen LogP contribution in [0.4, 0.5) is 4.39 Å². The fourth-order valence-electron chi connectivity index (χ4n) is 2.36. The Bertz CT molecular complexity index is 777. The van der Waals surface area contributed by atoms with Crippen LogP contribution >= 0.6 is 0 Å². The molecule has 1 aliphatic rings. The molecule has 22 heavy (non-hydrogen) atoms. The van der Waals surface area contributed by atoms with Crippen molar-refractivity contribution in [3.05, 3.63) is 82.7 Å². The third kappa shape index (κ3) is 2.73. The summed E-state index contributed by atoms with van der Waals surface area (Å²) < 4.78 is 18.9. The molecule has 0 saturated carbocycles. The molecule has 4 heteroatoms. The van der Waals surface area contributed by atoms with E-state index in [2.05, 4.69) is 0 Å². The van der Waals surface area contributed by atoms with Gasteiger partial charge in [-0.2, -0.15) is 0 Å². The molecule has 0 amide bonds. The van der Waals surface area contributed by atoms with Gasteiger partial charge >= 0.3 is 0 Å². The van der Waals surface area contributed by atoms with Gasteiger partial charge in [-0.1, -0.05) is 42.5 Å². The zero-order chi connectivity index (χ0) is 15.5. The van der Waals surface area contributed by atoms with Crippen molar-refractivity contribution in [2.24, 2.45) is 0 Å². The molecule has 2 aromatic rings. The third-order valence-corrected chi connectivity index (χ3v) is 3.51. The predicted octanol–water partition coefficient (Wildman–Crippen LogP) is 3.35. The van der Waals surface area contributed by atoms with Gasteiger partial charge in [-0.3, -0.25) is 9.59 Å². The molecule has 3 nitrogen and oxygen atoms in total. The Labute approximate surface area is 127 Å². The van der Waals surface area contributed by atoms with E-state index in [4.69, 9.17) is 4.74 Å². The first-order valence-corrected chi connectivity index (χ1v) is 6.86. The van der Waals surface area contributed by atoms with Gasteiger partial charge in [0.15, 0.2) is 11.6 Å². The Kier molecular flexibility index (Phi) is 3.94. The summed E-state index contributed by atoms with van der Waals surface area (Å²) in [4.78, 5) is 24.3. The lowest BCUT2D eigenvalue weighted by Gasteiger charge is -2.15. The van der Waals surface area contributed by atoms with Crippen LogP contribution in [0.15, 0.2) is 60.2 Å². The molecule has 0 radical (unpaired) electrons. The van der Waals surface area contributed by atoms with E-state index in [1.165, 1.54) is 12.1 Å². The number of allylic oxidation sites excluding steroid dienone is 1. The largest absolute Gasteiger partial charge is 0.372 e. The standard InChI is InChI=1S/C18H13FO3/c19-16-8-4-1-5-12(16)10-22-11-13-9-17(20)14-6-2-3-7-15(14)18(13)21/h1-9H,10-11H2. The normalized spacial score (nSPS) is 13.8. The van der Waals surface area contributed by atoms with Crippen LogP contribution < -0.4 is 0 Å². The number of rotatable bonds is 4. The lowest BCUT2D eigenvalue weighted by atomic mass is 9.90. The van der Waals surface area contributed by atoms with Gasteiger partial charge in [-0.15, -0.1) is 0 Å². The van der Waals surface area contributed by atoms with Crippen molar-refractivity contribution in [1.82, 2.24) is 0 Å². The van der Waals surface area contributed by atoms with Crippen molar-refractivity contribution in [2.75, 3.05) is 6.61 Å². The maximum atomic E-state index is 13.5. The zero-order valence-electron chi connectivity index (χ0n) is 11.7. The van der Waals surface area contributed by atoms with Gasteiger partial charge in [-0.05, 0) is 12.1 Å². The van der Waals surface area contributed by atoms with Gasteiger partial charge in [0.05, 0.1) is 13.2 Å². The van der Waals surface area contributed by atoms with Gasteiger partial charge in [0, 0.05) is 22.3 Å². The van der Waals surface area contributed by atoms with Crippen molar-refractivity contribution in [2.45, 2.75) is 6.61 Å². The van der Waals surface area contributed by atoms with Crippen molar-refractivity contribution in [3.63, 3.8) is 0 Å². The molecule has 0 unspecified atom stereocenters. The number of halogens is 1. The second-order valence-corrected chi connectivity index (χ2v) is 4.99. The Balaban J connectivity index is 1.71. The molecule has 3 rings (SSSR count). The molecule has 2 aromatic carbocycles. The number of carbonyl (C=O) groups excluding carboxylic acids is 2. The number of ether oxygens (including phenoxy) is 1. The van der Waals surface area contributed by atoms with Crippen LogP contribution in [-0.2, 0) is 11.3 Å². The summed E-state index contributed by atoms with van der Waals surface area (Å²) in [6.45, 7) is 0.0281. The van der Waals surface area contributed by atoms with Gasteiger partial charge in [0.2, 0.25) is 0 Å². The molecule has 110 valence electrons. The van der Waals surface area contributed by atoms with Crippen molar-refractivity contribution >= 4 is 11.6 Å². The lowest BCUT2D eigenvalue weighted by Crippen LogP contribution is -2.19. The summed E-state index contributed by atoms with van der Waals surface area (Å²) in [5, 5.41) is 0. The summed E-state index contributed by atoms with van der Waals surface area (Å²) >= 11 is 0. The molecular weight excluding hydrogens is 283 g/mol. The molecule has 0 saturated heterocycles. The van der Waals surface area contributed by atoms with Crippen molar-refractivity contribution in [1.29, 1.82) is 0 Å². The molecule has 0 aromatic heterocycles. The Morgan fingerprint density at radius 1 is 0.864 bits per heavy atom. The van der Waals surface area contributed by atoms with Crippen molar-refractivity contribution in [3.8, 4) is 0 Å². The first kappa shape index (κ1) is 14.4. The summed E-state index contributed by atoms with van der Waals surface area (Å²) in [5.41, 5.74) is 1.50. The van der Waals surface area contributed by atoms with E-state index in [0.717, 1.165) is 0 Å². The first-order valence-electron chi connectivity index (χ1n) is 6.86. The van der Waals surface area contributed by atoms with Gasteiger partial charge < -0.3 is 4.74 Å². The Morgan fingerprint density at radius 2 is 1.55 bits per heavy atom. The molecule has 0 bridgehead atoms. The van der Waals surface area contributed by atoms with E-state index in [9.17, 15) is 14.0 Å². The minimum Gasteiger partial charge on any atom is -0.372 e. The van der Waals surface area contributed by atoms with Crippen LogP contribution in [0, 0.1) is 5.82 Å². The highest BCUT2D eigenvalue weighted by atomic mass is 19.1. The quantitative estimate of drug-likeness (QED) is 0.869. The van der Waals surface area contributed by atoms with E-state index in [1.807, 2.05) is 0 Å². The summed E-state index contributed by atoms with van der Waals surface area (Å²) in [5.74, 6) is -0.781. The number of hydrogen-bond donors (Lipinski definition) is 0. The Morgan fingerprint density at radius 3 is 2.32 bits per heavy atom. The van der Waals surface area contributed by atoms with Gasteiger partial charge in [0.1, 0.15) is 5.82 Å².